The van der Waals surface area contributed by atoms with E-state index in [2.05, 4.69) is 25.6 Å². The van der Waals surface area contributed by atoms with Crippen LogP contribution in [0.25, 0.3) is 0 Å². The summed E-state index contributed by atoms with van der Waals surface area (Å²) in [6.07, 6.45) is 1.46. The van der Waals surface area contributed by atoms with Crippen molar-refractivity contribution in [1.82, 2.24) is 4.98 Å². The van der Waals surface area contributed by atoms with Crippen molar-refractivity contribution in [2.75, 3.05) is 10.5 Å². The first kappa shape index (κ1) is 16.4. The van der Waals surface area contributed by atoms with Gasteiger partial charge in [0.1, 0.15) is 0 Å². The number of rotatable bonds is 3. The Hall–Kier alpha value is -1.02. The molecule has 2 rings (SSSR count). The van der Waals surface area contributed by atoms with E-state index in [0.29, 0.717) is 15.7 Å². The number of pyridine rings is 1. The number of sulfonamides is 1. The van der Waals surface area contributed by atoms with Gasteiger partial charge in [0.25, 0.3) is 10.0 Å². The number of nitrogen functional groups attached to an aromatic ring is 1. The highest BCUT2D eigenvalue weighted by molar-refractivity contribution is 9.10. The Kier molecular flexibility index (Phi) is 4.67. The van der Waals surface area contributed by atoms with Gasteiger partial charge in [-0.2, -0.15) is 0 Å². The summed E-state index contributed by atoms with van der Waals surface area (Å²) in [6.45, 7) is 1.70. The van der Waals surface area contributed by atoms with Crippen molar-refractivity contribution in [3.63, 3.8) is 0 Å². The maximum absolute atomic E-state index is 12.4. The second-order valence-corrected chi connectivity index (χ2v) is 7.58. The Balaban J connectivity index is 2.46. The van der Waals surface area contributed by atoms with Crippen molar-refractivity contribution in [1.29, 1.82) is 0 Å². The predicted octanol–water partition coefficient (Wildman–Crippen LogP) is 3.84. The SMILES string of the molecule is Cc1c(N)cc(S(=O)(=O)Nc2cc(Br)cnc2Cl)cc1Cl. The molecule has 0 amide bonds. The smallest absolute Gasteiger partial charge is 0.262 e. The summed E-state index contributed by atoms with van der Waals surface area (Å²) >= 11 is 15.0. The molecule has 0 fully saturated rings. The fourth-order valence-electron chi connectivity index (χ4n) is 1.53. The normalized spacial score (nSPS) is 11.4. The summed E-state index contributed by atoms with van der Waals surface area (Å²) in [6, 6.07) is 4.17. The summed E-state index contributed by atoms with van der Waals surface area (Å²) in [5, 5.41) is 0.307. The van der Waals surface area contributed by atoms with Gasteiger partial charge in [0.05, 0.1) is 10.6 Å². The van der Waals surface area contributed by atoms with Gasteiger partial charge in [-0.1, -0.05) is 23.2 Å². The van der Waals surface area contributed by atoms with Gasteiger partial charge in [-0.25, -0.2) is 13.4 Å². The van der Waals surface area contributed by atoms with Gasteiger partial charge >= 0.3 is 0 Å². The zero-order valence-electron chi connectivity index (χ0n) is 10.7. The van der Waals surface area contributed by atoms with Gasteiger partial charge in [0, 0.05) is 21.4 Å². The van der Waals surface area contributed by atoms with Crippen LogP contribution in [0.4, 0.5) is 11.4 Å². The lowest BCUT2D eigenvalue weighted by molar-refractivity contribution is 0.601. The highest BCUT2D eigenvalue weighted by Gasteiger charge is 2.19. The molecular formula is C12H10BrCl2N3O2S. The number of nitrogens with zero attached hydrogens (tertiary/aromatic N) is 1. The molecule has 1 heterocycles. The topological polar surface area (TPSA) is 85.1 Å². The summed E-state index contributed by atoms with van der Waals surface area (Å²) < 4.78 is 27.6. The van der Waals surface area contributed by atoms with Crippen LogP contribution in [0.15, 0.2) is 33.8 Å². The molecule has 21 heavy (non-hydrogen) atoms. The summed E-state index contributed by atoms with van der Waals surface area (Å²) in [7, 11) is -3.87. The first-order chi connectivity index (χ1) is 9.70. The molecule has 5 nitrogen and oxygen atoms in total. The van der Waals surface area contributed by atoms with Crippen molar-refractivity contribution in [2.24, 2.45) is 0 Å². The number of nitrogens with two attached hydrogens (primary N) is 1. The lowest BCUT2D eigenvalue weighted by atomic mass is 10.2. The van der Waals surface area contributed by atoms with E-state index in [0.717, 1.165) is 0 Å². The molecule has 112 valence electrons. The first-order valence-corrected chi connectivity index (χ1v) is 8.63. The Morgan fingerprint density at radius 1 is 1.29 bits per heavy atom. The van der Waals surface area contributed by atoms with Crippen LogP contribution in [0, 0.1) is 6.92 Å². The molecule has 2 aromatic rings. The summed E-state index contributed by atoms with van der Waals surface area (Å²) in [5.74, 6) is 0. The van der Waals surface area contributed by atoms with Crippen molar-refractivity contribution in [3.05, 3.63) is 44.6 Å². The van der Waals surface area contributed by atoms with E-state index in [1.54, 1.807) is 6.92 Å². The average molecular weight is 411 g/mol. The molecule has 0 aliphatic rings. The largest absolute Gasteiger partial charge is 0.398 e. The second-order valence-electron chi connectivity index (χ2n) is 4.22. The number of halogens is 3. The van der Waals surface area contributed by atoms with Gasteiger partial charge in [-0.3, -0.25) is 4.72 Å². The monoisotopic (exact) mass is 409 g/mol. The summed E-state index contributed by atoms with van der Waals surface area (Å²) in [4.78, 5) is 3.80. The minimum atomic E-state index is -3.87. The second kappa shape index (κ2) is 6.00. The molecule has 0 atom stereocenters. The van der Waals surface area contributed by atoms with E-state index < -0.39 is 10.0 Å². The number of anilines is 2. The molecule has 0 aliphatic heterocycles. The highest BCUT2D eigenvalue weighted by atomic mass is 79.9. The third-order valence-corrected chi connectivity index (χ3v) is 5.19. The maximum atomic E-state index is 12.4. The average Bonchev–Trinajstić information content (AvgIpc) is 2.39. The number of aromatic nitrogens is 1. The predicted molar refractivity (Wildman–Crippen MR) is 88.4 cm³/mol. The zero-order valence-corrected chi connectivity index (χ0v) is 14.6. The third-order valence-electron chi connectivity index (χ3n) is 2.72. The Morgan fingerprint density at radius 2 is 1.95 bits per heavy atom. The number of hydrogen-bond donors (Lipinski definition) is 2. The van der Waals surface area contributed by atoms with Gasteiger partial charge in [0.2, 0.25) is 0 Å². The number of hydrogen-bond acceptors (Lipinski definition) is 4. The van der Waals surface area contributed by atoms with Crippen molar-refractivity contribution in [3.8, 4) is 0 Å². The van der Waals surface area contributed by atoms with Crippen molar-refractivity contribution < 1.29 is 8.42 Å². The lowest BCUT2D eigenvalue weighted by Gasteiger charge is -2.11. The molecule has 0 saturated heterocycles. The van der Waals surface area contributed by atoms with Crippen LogP contribution in [0.3, 0.4) is 0 Å². The quantitative estimate of drug-likeness (QED) is 0.594. The fourth-order valence-corrected chi connectivity index (χ4v) is 3.47. The molecule has 1 aromatic carbocycles. The fraction of sp³-hybridized carbons (Fsp3) is 0.0833. The maximum Gasteiger partial charge on any atom is 0.262 e. The molecule has 0 saturated carbocycles. The van der Waals surface area contributed by atoms with E-state index in [9.17, 15) is 8.42 Å². The summed E-state index contributed by atoms with van der Waals surface area (Å²) in [5.41, 5.74) is 6.81. The van der Waals surface area contributed by atoms with Gasteiger partial charge < -0.3 is 5.73 Å². The molecule has 0 bridgehead atoms. The van der Waals surface area contributed by atoms with Crippen LogP contribution in [0.5, 0.6) is 0 Å². The standard InChI is InChI=1S/C12H10BrCl2N3O2S/c1-6-9(14)3-8(4-10(6)16)21(19,20)18-11-2-7(13)5-17-12(11)15/h2-5,18H,16H2,1H3. The Morgan fingerprint density at radius 3 is 2.57 bits per heavy atom. The van der Waals surface area contributed by atoms with Crippen LogP contribution < -0.4 is 10.5 Å². The molecule has 1 aromatic heterocycles. The van der Waals surface area contributed by atoms with E-state index in [1.807, 2.05) is 0 Å². The van der Waals surface area contributed by atoms with E-state index >= 15 is 0 Å². The number of nitrogens with one attached hydrogen (secondary N) is 1. The zero-order chi connectivity index (χ0) is 15.8. The lowest BCUT2D eigenvalue weighted by Crippen LogP contribution is -2.14. The van der Waals surface area contributed by atoms with Crippen LogP contribution in [0.1, 0.15) is 5.56 Å². The van der Waals surface area contributed by atoms with Crippen LogP contribution >= 0.6 is 39.1 Å². The first-order valence-electron chi connectivity index (χ1n) is 5.60. The van der Waals surface area contributed by atoms with Gasteiger partial charge in [-0.05, 0) is 46.6 Å². The van der Waals surface area contributed by atoms with E-state index in [-0.39, 0.29) is 20.8 Å². The molecular weight excluding hydrogens is 401 g/mol. The molecule has 0 radical (unpaired) electrons. The molecule has 3 N–H and O–H groups in total. The van der Waals surface area contributed by atoms with E-state index in [4.69, 9.17) is 28.9 Å². The number of benzene rings is 1. The van der Waals surface area contributed by atoms with Crippen LogP contribution in [-0.2, 0) is 10.0 Å². The van der Waals surface area contributed by atoms with Crippen molar-refractivity contribution >= 4 is 60.5 Å². The minimum Gasteiger partial charge on any atom is -0.398 e. The van der Waals surface area contributed by atoms with Crippen molar-refractivity contribution in [2.45, 2.75) is 11.8 Å². The molecule has 0 aliphatic carbocycles. The van der Waals surface area contributed by atoms with Crippen LogP contribution in [0.2, 0.25) is 10.2 Å². The van der Waals surface area contributed by atoms with Gasteiger partial charge in [0.15, 0.2) is 5.15 Å². The van der Waals surface area contributed by atoms with Gasteiger partial charge in [-0.15, -0.1) is 0 Å². The molecule has 0 unspecified atom stereocenters. The third kappa shape index (κ3) is 3.60. The molecule has 0 spiro atoms. The molecule has 9 heteroatoms. The Bertz CT molecular complexity index is 789. The Labute approximate surface area is 140 Å². The van der Waals surface area contributed by atoms with Crippen LogP contribution in [-0.4, -0.2) is 13.4 Å². The minimum absolute atomic E-state index is 0.0351. The highest BCUT2D eigenvalue weighted by Crippen LogP contribution is 2.29. The van der Waals surface area contributed by atoms with E-state index in [1.165, 1.54) is 24.4 Å².